The van der Waals surface area contributed by atoms with Crippen molar-refractivity contribution in [3.8, 4) is 5.75 Å². The van der Waals surface area contributed by atoms with Gasteiger partial charge in [-0.2, -0.15) is 0 Å². The van der Waals surface area contributed by atoms with Crippen molar-refractivity contribution in [2.75, 3.05) is 18.4 Å². The van der Waals surface area contributed by atoms with E-state index in [1.54, 1.807) is 31.2 Å². The third-order valence-electron chi connectivity index (χ3n) is 3.29. The van der Waals surface area contributed by atoms with Gasteiger partial charge in [0.2, 0.25) is 0 Å². The number of hydrogen-bond donors (Lipinski definition) is 1. The Balaban J connectivity index is 2.28. The van der Waals surface area contributed by atoms with Gasteiger partial charge in [-0.3, -0.25) is 4.72 Å². The van der Waals surface area contributed by atoms with Crippen LogP contribution in [-0.4, -0.2) is 28.1 Å². The normalized spacial score (nSPS) is 11.0. The van der Waals surface area contributed by atoms with Gasteiger partial charge in [0.05, 0.1) is 24.2 Å². The first-order valence-corrected chi connectivity index (χ1v) is 8.80. The average molecular weight is 349 g/mol. The third kappa shape index (κ3) is 4.05. The molecule has 0 aliphatic heterocycles. The summed E-state index contributed by atoms with van der Waals surface area (Å²) in [7, 11) is -2.51. The van der Waals surface area contributed by atoms with E-state index in [-0.39, 0.29) is 16.1 Å². The van der Waals surface area contributed by atoms with E-state index in [9.17, 15) is 13.2 Å². The maximum Gasteiger partial charge on any atom is 0.337 e. The summed E-state index contributed by atoms with van der Waals surface area (Å²) in [5.74, 6) is 0.108. The topological polar surface area (TPSA) is 81.7 Å². The van der Waals surface area contributed by atoms with Gasteiger partial charge in [0.15, 0.2) is 0 Å². The third-order valence-corrected chi connectivity index (χ3v) is 4.67. The second-order valence-corrected chi connectivity index (χ2v) is 6.72. The van der Waals surface area contributed by atoms with Crippen LogP contribution in [0.4, 0.5) is 5.69 Å². The van der Waals surface area contributed by atoms with Crippen molar-refractivity contribution in [1.82, 2.24) is 0 Å². The van der Waals surface area contributed by atoms with E-state index in [2.05, 4.69) is 9.46 Å². The van der Waals surface area contributed by atoms with Gasteiger partial charge < -0.3 is 9.47 Å². The molecule has 0 bridgehead atoms. The number of esters is 1. The largest absolute Gasteiger partial charge is 0.494 e. The summed E-state index contributed by atoms with van der Waals surface area (Å²) >= 11 is 0. The predicted octanol–water partition coefficient (Wildman–Crippen LogP) is 2.98. The van der Waals surface area contributed by atoms with Crippen LogP contribution in [0, 0.1) is 6.92 Å². The zero-order valence-corrected chi connectivity index (χ0v) is 14.5. The van der Waals surface area contributed by atoms with E-state index in [1.165, 1.54) is 25.3 Å². The highest BCUT2D eigenvalue weighted by Crippen LogP contribution is 2.24. The summed E-state index contributed by atoms with van der Waals surface area (Å²) in [4.78, 5) is 11.6. The Morgan fingerprint density at radius 3 is 2.54 bits per heavy atom. The molecule has 0 heterocycles. The maximum absolute atomic E-state index is 12.5. The predicted molar refractivity (Wildman–Crippen MR) is 90.9 cm³/mol. The molecule has 24 heavy (non-hydrogen) atoms. The molecule has 128 valence electrons. The molecule has 0 aromatic heterocycles. The van der Waals surface area contributed by atoms with Crippen LogP contribution in [0.2, 0.25) is 0 Å². The fraction of sp³-hybridized carbons (Fsp3) is 0.235. The average Bonchev–Trinajstić information content (AvgIpc) is 2.56. The quantitative estimate of drug-likeness (QED) is 0.811. The molecule has 1 N–H and O–H groups in total. The highest BCUT2D eigenvalue weighted by Gasteiger charge is 2.16. The van der Waals surface area contributed by atoms with E-state index in [4.69, 9.17) is 4.74 Å². The number of nitrogens with one attached hydrogen (secondary N) is 1. The maximum atomic E-state index is 12.5. The molecule has 2 rings (SSSR count). The fourth-order valence-corrected chi connectivity index (χ4v) is 3.28. The van der Waals surface area contributed by atoms with E-state index < -0.39 is 16.0 Å². The van der Waals surface area contributed by atoms with Gasteiger partial charge in [-0.05, 0) is 55.8 Å². The minimum Gasteiger partial charge on any atom is -0.494 e. The van der Waals surface area contributed by atoms with Crippen LogP contribution >= 0.6 is 0 Å². The van der Waals surface area contributed by atoms with E-state index >= 15 is 0 Å². The Morgan fingerprint density at radius 1 is 1.17 bits per heavy atom. The molecule has 0 saturated carbocycles. The molecular weight excluding hydrogens is 330 g/mol. The van der Waals surface area contributed by atoms with Crippen LogP contribution in [0.3, 0.4) is 0 Å². The summed E-state index contributed by atoms with van der Waals surface area (Å²) in [5.41, 5.74) is 1.27. The van der Waals surface area contributed by atoms with Crippen molar-refractivity contribution in [3.05, 3.63) is 53.6 Å². The van der Waals surface area contributed by atoms with Crippen LogP contribution in [0.25, 0.3) is 0 Å². The number of sulfonamides is 1. The number of ether oxygens (including phenoxy) is 2. The van der Waals surface area contributed by atoms with Crippen molar-refractivity contribution < 1.29 is 22.7 Å². The Kier molecular flexibility index (Phi) is 5.46. The molecule has 0 unspecified atom stereocenters. The fourth-order valence-electron chi connectivity index (χ4n) is 2.15. The van der Waals surface area contributed by atoms with Gasteiger partial charge >= 0.3 is 5.97 Å². The highest BCUT2D eigenvalue weighted by atomic mass is 32.2. The molecular formula is C17H19NO5S. The smallest absolute Gasteiger partial charge is 0.337 e. The zero-order valence-electron chi connectivity index (χ0n) is 13.7. The Labute approximate surface area is 141 Å². The summed E-state index contributed by atoms with van der Waals surface area (Å²) in [5, 5.41) is 0. The molecule has 0 spiro atoms. The first-order valence-electron chi connectivity index (χ1n) is 7.32. The molecule has 0 amide bonds. The van der Waals surface area contributed by atoms with Crippen LogP contribution in [0.1, 0.15) is 22.8 Å². The van der Waals surface area contributed by atoms with E-state index in [0.29, 0.717) is 12.4 Å². The van der Waals surface area contributed by atoms with Crippen LogP contribution < -0.4 is 9.46 Å². The Bertz CT molecular complexity index is 846. The summed E-state index contributed by atoms with van der Waals surface area (Å²) in [6.45, 7) is 4.15. The molecule has 0 aliphatic carbocycles. The van der Waals surface area contributed by atoms with Crippen molar-refractivity contribution >= 4 is 21.7 Å². The van der Waals surface area contributed by atoms with Gasteiger partial charge in [0.25, 0.3) is 10.0 Å². The lowest BCUT2D eigenvalue weighted by molar-refractivity contribution is 0.0601. The molecule has 0 saturated heterocycles. The Morgan fingerprint density at radius 2 is 1.92 bits per heavy atom. The monoisotopic (exact) mass is 349 g/mol. The second kappa shape index (κ2) is 7.35. The zero-order chi connectivity index (χ0) is 17.7. The van der Waals surface area contributed by atoms with Gasteiger partial charge in [-0.25, -0.2) is 13.2 Å². The van der Waals surface area contributed by atoms with Crippen LogP contribution in [0.15, 0.2) is 47.4 Å². The van der Waals surface area contributed by atoms with E-state index in [0.717, 1.165) is 5.56 Å². The lowest BCUT2D eigenvalue weighted by atomic mass is 10.2. The molecule has 0 fully saturated rings. The number of carbonyl (C=O) groups is 1. The summed E-state index contributed by atoms with van der Waals surface area (Å²) in [6, 6.07) is 10.7. The molecule has 0 atom stereocenters. The summed E-state index contributed by atoms with van der Waals surface area (Å²) < 4.78 is 37.5. The van der Waals surface area contributed by atoms with E-state index in [1.807, 2.05) is 6.92 Å². The van der Waals surface area contributed by atoms with Crippen molar-refractivity contribution in [3.63, 3.8) is 0 Å². The van der Waals surface area contributed by atoms with Crippen molar-refractivity contribution in [2.45, 2.75) is 18.7 Å². The van der Waals surface area contributed by atoms with Gasteiger partial charge in [-0.1, -0.05) is 6.07 Å². The number of methoxy groups -OCH3 is 1. The number of hydrogen-bond acceptors (Lipinski definition) is 5. The van der Waals surface area contributed by atoms with Crippen LogP contribution in [-0.2, 0) is 14.8 Å². The lowest BCUT2D eigenvalue weighted by Crippen LogP contribution is -2.14. The SMILES string of the molecule is CCOc1ccc(S(=O)(=O)Nc2cccc(C(=O)OC)c2)cc1C. The standard InChI is InChI=1S/C17H19NO5S/c1-4-23-16-9-8-15(10-12(16)2)24(20,21)18-14-7-5-6-13(11-14)17(19)22-3/h5-11,18H,4H2,1-3H3. The number of aryl methyl sites for hydroxylation is 1. The molecule has 0 aliphatic rings. The van der Waals surface area contributed by atoms with Crippen molar-refractivity contribution in [2.24, 2.45) is 0 Å². The highest BCUT2D eigenvalue weighted by molar-refractivity contribution is 7.92. The second-order valence-electron chi connectivity index (χ2n) is 5.04. The molecule has 2 aromatic rings. The van der Waals surface area contributed by atoms with Gasteiger partial charge in [-0.15, -0.1) is 0 Å². The number of rotatable bonds is 6. The molecule has 7 heteroatoms. The van der Waals surface area contributed by atoms with Crippen molar-refractivity contribution in [1.29, 1.82) is 0 Å². The van der Waals surface area contributed by atoms with Gasteiger partial charge in [0, 0.05) is 5.69 Å². The number of benzene rings is 2. The first kappa shape index (κ1) is 17.8. The Hall–Kier alpha value is -2.54. The molecule has 2 aromatic carbocycles. The minimum absolute atomic E-state index is 0.118. The lowest BCUT2D eigenvalue weighted by Gasteiger charge is -2.12. The number of anilines is 1. The molecule has 6 nitrogen and oxygen atoms in total. The minimum atomic E-state index is -3.77. The first-order chi connectivity index (χ1) is 11.4. The molecule has 0 radical (unpaired) electrons. The number of carbonyl (C=O) groups excluding carboxylic acids is 1. The van der Waals surface area contributed by atoms with Gasteiger partial charge in [0.1, 0.15) is 5.75 Å². The summed E-state index contributed by atoms with van der Waals surface area (Å²) in [6.07, 6.45) is 0. The van der Waals surface area contributed by atoms with Crippen LogP contribution in [0.5, 0.6) is 5.75 Å².